The molecule has 7 nitrogen and oxygen atoms in total. The summed E-state index contributed by atoms with van der Waals surface area (Å²) in [6.07, 6.45) is 1.33. The van der Waals surface area contributed by atoms with Gasteiger partial charge >= 0.3 is 0 Å². The number of nitrogens with zero attached hydrogens (tertiary/aromatic N) is 2. The highest BCUT2D eigenvalue weighted by Crippen LogP contribution is 2.26. The lowest BCUT2D eigenvalue weighted by Crippen LogP contribution is -2.52. The van der Waals surface area contributed by atoms with Gasteiger partial charge in [0.1, 0.15) is 0 Å². The molecule has 3 rings (SSSR count). The van der Waals surface area contributed by atoms with Crippen molar-refractivity contribution in [1.29, 1.82) is 0 Å². The summed E-state index contributed by atoms with van der Waals surface area (Å²) in [5, 5.41) is 3.48. The van der Waals surface area contributed by atoms with Gasteiger partial charge in [-0.25, -0.2) is 0 Å². The first-order valence-electron chi connectivity index (χ1n) is 8.78. The van der Waals surface area contributed by atoms with Crippen molar-refractivity contribution in [1.82, 2.24) is 8.61 Å². The minimum absolute atomic E-state index is 0.169. The van der Waals surface area contributed by atoms with Crippen molar-refractivity contribution in [3.63, 3.8) is 0 Å². The standard InChI is InChI=1S/C17H24ClN3O4S/c1-13-15(18)5-2-6-16(13)19-17(22)14-4-3-7-21(12-14)26(23,24)20-8-10-25-11-9-20/h2,5-6,14H,3-4,7-12H2,1H3,(H,19,22). The van der Waals surface area contributed by atoms with Gasteiger partial charge in [-0.05, 0) is 37.5 Å². The Hall–Kier alpha value is -1.19. The summed E-state index contributed by atoms with van der Waals surface area (Å²) in [5.74, 6) is -0.546. The molecule has 0 radical (unpaired) electrons. The lowest BCUT2D eigenvalue weighted by molar-refractivity contribution is -0.120. The predicted octanol–water partition coefficient (Wildman–Crippen LogP) is 1.88. The molecule has 0 aliphatic carbocycles. The number of morpholine rings is 1. The average Bonchev–Trinajstić information content (AvgIpc) is 2.66. The van der Waals surface area contributed by atoms with E-state index in [4.69, 9.17) is 16.3 Å². The molecule has 0 saturated carbocycles. The number of benzene rings is 1. The molecule has 2 heterocycles. The number of amides is 1. The number of hydrogen-bond acceptors (Lipinski definition) is 4. The second-order valence-electron chi connectivity index (χ2n) is 6.62. The normalized spacial score (nSPS) is 22.9. The molecule has 0 aromatic heterocycles. The molecule has 2 aliphatic heterocycles. The third-order valence-electron chi connectivity index (χ3n) is 4.90. The van der Waals surface area contributed by atoms with Crippen LogP contribution in [0.5, 0.6) is 0 Å². The number of nitrogens with one attached hydrogen (secondary N) is 1. The van der Waals surface area contributed by atoms with Gasteiger partial charge in [0.05, 0.1) is 19.1 Å². The van der Waals surface area contributed by atoms with E-state index in [-0.39, 0.29) is 18.4 Å². The molecule has 1 unspecified atom stereocenters. The van der Waals surface area contributed by atoms with Gasteiger partial charge in [0.15, 0.2) is 0 Å². The Bertz CT molecular complexity index is 765. The van der Waals surface area contributed by atoms with Crippen molar-refractivity contribution >= 4 is 33.4 Å². The van der Waals surface area contributed by atoms with Crippen LogP contribution in [0.2, 0.25) is 5.02 Å². The van der Waals surface area contributed by atoms with Crippen LogP contribution >= 0.6 is 11.6 Å². The first-order valence-corrected chi connectivity index (χ1v) is 10.6. The van der Waals surface area contributed by atoms with Crippen LogP contribution in [0, 0.1) is 12.8 Å². The highest BCUT2D eigenvalue weighted by atomic mass is 35.5. The zero-order valence-electron chi connectivity index (χ0n) is 14.8. The molecule has 2 fully saturated rings. The minimum Gasteiger partial charge on any atom is -0.379 e. The minimum atomic E-state index is -3.55. The fourth-order valence-corrected chi connectivity index (χ4v) is 5.12. The molecule has 1 N–H and O–H groups in total. The second kappa shape index (κ2) is 8.22. The van der Waals surface area contributed by atoms with E-state index >= 15 is 0 Å². The van der Waals surface area contributed by atoms with E-state index in [9.17, 15) is 13.2 Å². The van der Waals surface area contributed by atoms with Gasteiger partial charge < -0.3 is 10.1 Å². The lowest BCUT2D eigenvalue weighted by Gasteiger charge is -2.36. The van der Waals surface area contributed by atoms with E-state index in [0.29, 0.717) is 56.4 Å². The van der Waals surface area contributed by atoms with Crippen LogP contribution in [0.15, 0.2) is 18.2 Å². The zero-order chi connectivity index (χ0) is 18.7. The maximum Gasteiger partial charge on any atom is 0.282 e. The third kappa shape index (κ3) is 4.20. The van der Waals surface area contributed by atoms with Crippen LogP contribution in [0.1, 0.15) is 18.4 Å². The van der Waals surface area contributed by atoms with Crippen LogP contribution in [-0.2, 0) is 19.7 Å². The molecule has 144 valence electrons. The number of rotatable bonds is 4. The number of ether oxygens (including phenoxy) is 1. The van der Waals surface area contributed by atoms with Crippen molar-refractivity contribution in [3.8, 4) is 0 Å². The summed E-state index contributed by atoms with van der Waals surface area (Å²) in [4.78, 5) is 12.7. The van der Waals surface area contributed by atoms with Crippen molar-refractivity contribution in [2.75, 3.05) is 44.7 Å². The van der Waals surface area contributed by atoms with Gasteiger partial charge in [-0.15, -0.1) is 0 Å². The first-order chi connectivity index (χ1) is 12.4. The number of piperidine rings is 1. The number of anilines is 1. The average molecular weight is 402 g/mol. The van der Waals surface area contributed by atoms with E-state index in [1.807, 2.05) is 6.92 Å². The summed E-state index contributed by atoms with van der Waals surface area (Å²) >= 11 is 6.10. The summed E-state index contributed by atoms with van der Waals surface area (Å²) in [6.45, 7) is 4.02. The molecule has 9 heteroatoms. The first kappa shape index (κ1) is 19.6. The van der Waals surface area contributed by atoms with Gasteiger partial charge in [0.25, 0.3) is 10.2 Å². The Labute approximate surface area is 159 Å². The Kier molecular flexibility index (Phi) is 6.19. The van der Waals surface area contributed by atoms with E-state index in [2.05, 4.69) is 5.32 Å². The van der Waals surface area contributed by atoms with Crippen molar-refractivity contribution < 1.29 is 17.9 Å². The van der Waals surface area contributed by atoms with Crippen LogP contribution in [0.25, 0.3) is 0 Å². The lowest BCUT2D eigenvalue weighted by atomic mass is 9.98. The molecule has 0 bridgehead atoms. The van der Waals surface area contributed by atoms with Gasteiger partial charge in [-0.2, -0.15) is 17.0 Å². The van der Waals surface area contributed by atoms with Gasteiger partial charge in [0, 0.05) is 36.9 Å². The predicted molar refractivity (Wildman–Crippen MR) is 100 cm³/mol. The smallest absolute Gasteiger partial charge is 0.282 e. The van der Waals surface area contributed by atoms with Gasteiger partial charge in [-0.3, -0.25) is 4.79 Å². The maximum atomic E-state index is 12.8. The van der Waals surface area contributed by atoms with E-state index in [0.717, 1.165) is 5.56 Å². The summed E-state index contributed by atoms with van der Waals surface area (Å²) in [5.41, 5.74) is 1.46. The SMILES string of the molecule is Cc1c(Cl)cccc1NC(=O)C1CCCN(S(=O)(=O)N2CCOCC2)C1. The number of hydrogen-bond donors (Lipinski definition) is 1. The Morgan fingerprint density at radius 3 is 2.69 bits per heavy atom. The fraction of sp³-hybridized carbons (Fsp3) is 0.588. The van der Waals surface area contributed by atoms with Crippen LogP contribution < -0.4 is 5.32 Å². The zero-order valence-corrected chi connectivity index (χ0v) is 16.4. The molecule has 0 spiro atoms. The third-order valence-corrected chi connectivity index (χ3v) is 7.31. The maximum absolute atomic E-state index is 12.8. The monoisotopic (exact) mass is 401 g/mol. The highest BCUT2D eigenvalue weighted by Gasteiger charge is 2.36. The molecule has 2 aliphatic rings. The Morgan fingerprint density at radius 2 is 1.96 bits per heavy atom. The molecule has 1 atom stereocenters. The summed E-state index contributed by atoms with van der Waals surface area (Å²) in [6, 6.07) is 5.34. The number of carbonyl (C=O) groups is 1. The van der Waals surface area contributed by atoms with Crippen LogP contribution in [0.3, 0.4) is 0 Å². The fourth-order valence-electron chi connectivity index (χ4n) is 3.28. The van der Waals surface area contributed by atoms with E-state index in [1.165, 1.54) is 8.61 Å². The quantitative estimate of drug-likeness (QED) is 0.835. The van der Waals surface area contributed by atoms with Crippen molar-refractivity contribution in [3.05, 3.63) is 28.8 Å². The molecule has 26 heavy (non-hydrogen) atoms. The molecular formula is C17H24ClN3O4S. The topological polar surface area (TPSA) is 79.0 Å². The molecule has 1 aromatic carbocycles. The van der Waals surface area contributed by atoms with Crippen molar-refractivity contribution in [2.45, 2.75) is 19.8 Å². The number of halogens is 1. The van der Waals surface area contributed by atoms with Crippen LogP contribution in [0.4, 0.5) is 5.69 Å². The van der Waals surface area contributed by atoms with Crippen LogP contribution in [-0.4, -0.2) is 62.3 Å². The second-order valence-corrected chi connectivity index (χ2v) is 8.95. The molecular weight excluding hydrogens is 378 g/mol. The molecule has 1 amide bonds. The molecule has 2 saturated heterocycles. The summed E-state index contributed by atoms with van der Waals surface area (Å²) < 4.78 is 33.7. The Balaban J connectivity index is 1.67. The van der Waals surface area contributed by atoms with Gasteiger partial charge in [0.2, 0.25) is 5.91 Å². The Morgan fingerprint density at radius 1 is 1.23 bits per heavy atom. The van der Waals surface area contributed by atoms with E-state index in [1.54, 1.807) is 18.2 Å². The van der Waals surface area contributed by atoms with Crippen molar-refractivity contribution in [2.24, 2.45) is 5.92 Å². The molecule has 1 aromatic rings. The number of carbonyl (C=O) groups excluding carboxylic acids is 1. The van der Waals surface area contributed by atoms with Gasteiger partial charge in [-0.1, -0.05) is 17.7 Å². The van der Waals surface area contributed by atoms with E-state index < -0.39 is 10.2 Å². The highest BCUT2D eigenvalue weighted by molar-refractivity contribution is 7.86. The largest absolute Gasteiger partial charge is 0.379 e. The summed E-state index contributed by atoms with van der Waals surface area (Å²) in [7, 11) is -3.55.